The van der Waals surface area contributed by atoms with E-state index in [0.717, 1.165) is 24.2 Å². The molecule has 0 aliphatic rings. The van der Waals surface area contributed by atoms with Gasteiger partial charge in [-0.15, -0.1) is 0 Å². The third-order valence-electron chi connectivity index (χ3n) is 6.58. The quantitative estimate of drug-likeness (QED) is 0.293. The van der Waals surface area contributed by atoms with Crippen molar-refractivity contribution < 1.29 is 19.4 Å². The third kappa shape index (κ3) is 7.94. The number of carbonyl (C=O) groups excluding carboxylic acids is 1. The lowest BCUT2D eigenvalue weighted by molar-refractivity contribution is -0.136. The number of aryl methyl sites for hydroxylation is 1. The van der Waals surface area contributed by atoms with E-state index in [4.69, 9.17) is 9.84 Å². The Morgan fingerprint density at radius 3 is 2.16 bits per heavy atom. The number of carboxylic acid groups (broad SMARTS) is 1. The van der Waals surface area contributed by atoms with Gasteiger partial charge in [0.25, 0.3) is 5.91 Å². The first-order valence-electron chi connectivity index (χ1n) is 13.0. The molecule has 5 heteroatoms. The highest BCUT2D eigenvalue weighted by Crippen LogP contribution is 2.31. The van der Waals surface area contributed by atoms with Crippen molar-refractivity contribution in [2.75, 3.05) is 13.2 Å². The Labute approximate surface area is 220 Å². The third-order valence-corrected chi connectivity index (χ3v) is 6.58. The Bertz CT molecular complexity index is 1190. The van der Waals surface area contributed by atoms with Crippen LogP contribution in [0, 0.1) is 6.92 Å². The predicted molar refractivity (Wildman–Crippen MR) is 149 cm³/mol. The fourth-order valence-electron chi connectivity index (χ4n) is 4.61. The monoisotopic (exact) mass is 501 g/mol. The molecule has 0 spiro atoms. The maximum absolute atomic E-state index is 12.2. The van der Waals surface area contributed by atoms with Gasteiger partial charge in [0, 0.05) is 18.0 Å². The molecule has 0 fully saturated rings. The number of ether oxygens (including phenoxy) is 1. The highest BCUT2D eigenvalue weighted by Gasteiger charge is 2.17. The van der Waals surface area contributed by atoms with E-state index in [9.17, 15) is 9.59 Å². The minimum absolute atomic E-state index is 0.0934. The first kappa shape index (κ1) is 28.0. The van der Waals surface area contributed by atoms with Gasteiger partial charge in [-0.2, -0.15) is 0 Å². The molecule has 0 bridgehead atoms. The number of benzene rings is 3. The molecule has 0 saturated heterocycles. The van der Waals surface area contributed by atoms with E-state index in [-0.39, 0.29) is 30.2 Å². The first-order valence-corrected chi connectivity index (χ1v) is 13.0. The maximum atomic E-state index is 12.2. The van der Waals surface area contributed by atoms with Gasteiger partial charge < -0.3 is 15.2 Å². The summed E-state index contributed by atoms with van der Waals surface area (Å²) in [4.78, 5) is 22.9. The molecule has 0 aliphatic carbocycles. The smallest absolute Gasteiger partial charge is 0.305 e. The van der Waals surface area contributed by atoms with Crippen molar-refractivity contribution in [3.05, 3.63) is 89.0 Å². The summed E-state index contributed by atoms with van der Waals surface area (Å²) in [5, 5.41) is 11.4. The van der Waals surface area contributed by atoms with Crippen LogP contribution in [0.15, 0.2) is 66.7 Å². The van der Waals surface area contributed by atoms with Crippen LogP contribution in [-0.4, -0.2) is 30.1 Å². The summed E-state index contributed by atoms with van der Waals surface area (Å²) in [7, 11) is 0. The van der Waals surface area contributed by atoms with Gasteiger partial charge in [0.1, 0.15) is 5.75 Å². The van der Waals surface area contributed by atoms with Gasteiger partial charge in [0.15, 0.2) is 0 Å². The fraction of sp³-hybridized carbons (Fsp3) is 0.375. The van der Waals surface area contributed by atoms with Gasteiger partial charge in [-0.25, -0.2) is 0 Å². The van der Waals surface area contributed by atoms with Gasteiger partial charge in [-0.1, -0.05) is 76.6 Å². The molecule has 37 heavy (non-hydrogen) atoms. The normalized spacial score (nSPS) is 12.1. The van der Waals surface area contributed by atoms with Crippen molar-refractivity contribution in [2.24, 2.45) is 0 Å². The molecule has 1 unspecified atom stereocenters. The zero-order chi connectivity index (χ0) is 27.0. The molecular weight excluding hydrogens is 462 g/mol. The van der Waals surface area contributed by atoms with Crippen LogP contribution in [-0.2, 0) is 10.2 Å². The molecular formula is C32H39NO4. The fourth-order valence-corrected chi connectivity index (χ4v) is 4.61. The second-order valence-corrected chi connectivity index (χ2v) is 10.6. The zero-order valence-electron chi connectivity index (χ0n) is 22.6. The van der Waals surface area contributed by atoms with Crippen molar-refractivity contribution in [1.29, 1.82) is 0 Å². The van der Waals surface area contributed by atoms with Crippen molar-refractivity contribution in [3.8, 4) is 16.9 Å². The number of carbonyl (C=O) groups is 2. The number of hydrogen-bond acceptors (Lipinski definition) is 3. The minimum atomic E-state index is -0.933. The Morgan fingerprint density at radius 2 is 1.59 bits per heavy atom. The number of carboxylic acids is 1. The molecule has 0 aliphatic heterocycles. The topological polar surface area (TPSA) is 75.6 Å². The summed E-state index contributed by atoms with van der Waals surface area (Å²) in [5.74, 6) is -0.152. The van der Waals surface area contributed by atoms with Crippen LogP contribution in [0.2, 0.25) is 0 Å². The van der Waals surface area contributed by atoms with E-state index < -0.39 is 5.97 Å². The van der Waals surface area contributed by atoms with Crippen molar-refractivity contribution in [2.45, 2.75) is 65.2 Å². The highest BCUT2D eigenvalue weighted by atomic mass is 16.5. The lowest BCUT2D eigenvalue weighted by Gasteiger charge is -2.22. The van der Waals surface area contributed by atoms with E-state index in [1.807, 2.05) is 24.3 Å². The molecule has 5 nitrogen and oxygen atoms in total. The molecule has 0 radical (unpaired) electrons. The van der Waals surface area contributed by atoms with E-state index >= 15 is 0 Å². The van der Waals surface area contributed by atoms with Crippen LogP contribution in [0.3, 0.4) is 0 Å². The molecule has 2 N–H and O–H groups in total. The molecule has 3 aromatic rings. The summed E-state index contributed by atoms with van der Waals surface area (Å²) in [5.41, 5.74) is 6.80. The largest absolute Gasteiger partial charge is 0.493 e. The second kappa shape index (κ2) is 12.6. The van der Waals surface area contributed by atoms with E-state index in [0.29, 0.717) is 12.2 Å². The summed E-state index contributed by atoms with van der Waals surface area (Å²) < 4.78 is 6.17. The van der Waals surface area contributed by atoms with Crippen molar-refractivity contribution in [3.63, 3.8) is 0 Å². The van der Waals surface area contributed by atoms with Gasteiger partial charge in [0.2, 0.25) is 0 Å². The van der Waals surface area contributed by atoms with Gasteiger partial charge >= 0.3 is 5.97 Å². The second-order valence-electron chi connectivity index (χ2n) is 10.6. The van der Waals surface area contributed by atoms with Gasteiger partial charge in [-0.3, -0.25) is 9.59 Å². The minimum Gasteiger partial charge on any atom is -0.493 e. The number of hydrogen-bond donors (Lipinski definition) is 2. The highest BCUT2D eigenvalue weighted by molar-refractivity contribution is 5.94. The van der Waals surface area contributed by atoms with E-state index in [1.54, 1.807) is 12.1 Å². The molecule has 0 aromatic heterocycles. The Morgan fingerprint density at radius 1 is 0.946 bits per heavy atom. The number of rotatable bonds is 11. The standard InChI is InChI=1S/C32H39NO4/c1-6-7-27(24-8-10-25(11-9-24)31(36)33-19-18-30(34)35)21-37-28-15-12-23(13-16-28)26-14-17-29(22(2)20-26)32(3,4)5/h8-17,20,27H,6-7,18-19,21H2,1-5H3,(H,33,36)(H,34,35). The molecule has 1 atom stereocenters. The zero-order valence-corrected chi connectivity index (χ0v) is 22.6. The SMILES string of the molecule is CCCC(COc1ccc(-c2ccc(C(C)(C)C)c(C)c2)cc1)c1ccc(C(=O)NCCC(=O)O)cc1. The van der Waals surface area contributed by atoms with Gasteiger partial charge in [-0.05, 0) is 70.8 Å². The molecule has 0 saturated carbocycles. The molecule has 1 amide bonds. The lowest BCUT2D eigenvalue weighted by Crippen LogP contribution is -2.26. The predicted octanol–water partition coefficient (Wildman–Crippen LogP) is 7.13. The molecule has 0 heterocycles. The first-order chi connectivity index (χ1) is 17.6. The summed E-state index contributed by atoms with van der Waals surface area (Å²) in [6.45, 7) is 11.7. The van der Waals surface area contributed by atoms with E-state index in [1.165, 1.54) is 22.3 Å². The summed E-state index contributed by atoms with van der Waals surface area (Å²) in [6, 6.07) is 22.4. The van der Waals surface area contributed by atoms with Crippen molar-refractivity contribution >= 4 is 11.9 Å². The van der Waals surface area contributed by atoms with Crippen LogP contribution in [0.4, 0.5) is 0 Å². The van der Waals surface area contributed by atoms with Gasteiger partial charge in [0.05, 0.1) is 13.0 Å². The van der Waals surface area contributed by atoms with Crippen LogP contribution >= 0.6 is 0 Å². The van der Waals surface area contributed by atoms with E-state index in [2.05, 4.69) is 70.3 Å². The Balaban J connectivity index is 1.62. The Hall–Kier alpha value is -3.60. The molecule has 3 aromatic carbocycles. The Kier molecular flexibility index (Phi) is 9.51. The summed E-state index contributed by atoms with van der Waals surface area (Å²) >= 11 is 0. The number of amides is 1. The lowest BCUT2D eigenvalue weighted by atomic mass is 9.83. The van der Waals surface area contributed by atoms with Crippen LogP contribution in [0.1, 0.15) is 79.9 Å². The van der Waals surface area contributed by atoms with Crippen LogP contribution < -0.4 is 10.1 Å². The summed E-state index contributed by atoms with van der Waals surface area (Å²) in [6.07, 6.45) is 1.90. The molecule has 3 rings (SSSR count). The number of nitrogens with one attached hydrogen (secondary N) is 1. The number of aliphatic carboxylic acids is 1. The average molecular weight is 502 g/mol. The van der Waals surface area contributed by atoms with Crippen LogP contribution in [0.25, 0.3) is 11.1 Å². The van der Waals surface area contributed by atoms with Crippen molar-refractivity contribution in [1.82, 2.24) is 5.32 Å². The van der Waals surface area contributed by atoms with Crippen LogP contribution in [0.5, 0.6) is 5.75 Å². The maximum Gasteiger partial charge on any atom is 0.305 e. The molecule has 196 valence electrons. The average Bonchev–Trinajstić information content (AvgIpc) is 2.86.